The summed E-state index contributed by atoms with van der Waals surface area (Å²) in [5.41, 5.74) is 6.93. The zero-order chi connectivity index (χ0) is 5.98. The fourth-order valence-corrected chi connectivity index (χ4v) is 1.11. The van der Waals surface area contributed by atoms with Crippen molar-refractivity contribution in [3.63, 3.8) is 0 Å². The molecule has 2 N–H and O–H groups in total. The lowest BCUT2D eigenvalue weighted by Gasteiger charge is -2.19. The average molecular weight is 111 g/mol. The van der Waals surface area contributed by atoms with E-state index in [1.54, 1.807) is 0 Å². The van der Waals surface area contributed by atoms with E-state index in [0.717, 1.165) is 12.8 Å². The average Bonchev–Trinajstić information content (AvgIpc) is 1.77. The first kappa shape index (κ1) is 5.83. The second-order valence-corrected chi connectivity index (χ2v) is 2.51. The van der Waals surface area contributed by atoms with Crippen molar-refractivity contribution in [1.29, 1.82) is 0 Å². The van der Waals surface area contributed by atoms with Crippen LogP contribution >= 0.6 is 0 Å². The van der Waals surface area contributed by atoms with Crippen LogP contribution in [0, 0.1) is 0 Å². The number of rotatable bonds is 0. The van der Waals surface area contributed by atoms with Crippen LogP contribution in [0.1, 0.15) is 25.7 Å². The van der Waals surface area contributed by atoms with Gasteiger partial charge in [-0.25, -0.2) is 0 Å². The normalized spacial score (nSPS) is 30.6. The molecule has 1 heteroatoms. The van der Waals surface area contributed by atoms with Crippen molar-refractivity contribution in [2.45, 2.75) is 31.7 Å². The minimum absolute atomic E-state index is 0.309. The predicted molar refractivity (Wildman–Crippen MR) is 35.6 cm³/mol. The van der Waals surface area contributed by atoms with Gasteiger partial charge in [0.1, 0.15) is 0 Å². The minimum atomic E-state index is 0.309. The van der Waals surface area contributed by atoms with Crippen molar-refractivity contribution in [3.05, 3.63) is 12.2 Å². The predicted octanol–water partition coefficient (Wildman–Crippen LogP) is 1.44. The number of hydrogen-bond donors (Lipinski definition) is 1. The van der Waals surface area contributed by atoms with Gasteiger partial charge in [0.05, 0.1) is 0 Å². The topological polar surface area (TPSA) is 26.0 Å². The fraction of sp³-hybridized carbons (Fsp3) is 0.714. The quantitative estimate of drug-likeness (QED) is 0.470. The molecule has 0 aromatic carbocycles. The molecule has 1 unspecified atom stereocenters. The summed E-state index contributed by atoms with van der Waals surface area (Å²) in [6.07, 6.45) is 4.90. The van der Waals surface area contributed by atoms with Crippen molar-refractivity contribution in [3.8, 4) is 0 Å². The molecular weight excluding hydrogens is 98.1 g/mol. The molecule has 0 amide bonds. The van der Waals surface area contributed by atoms with E-state index in [1.807, 2.05) is 0 Å². The Bertz CT molecular complexity index is 96.6. The highest BCUT2D eigenvalue weighted by Crippen LogP contribution is 2.19. The molecule has 0 saturated heterocycles. The van der Waals surface area contributed by atoms with Gasteiger partial charge in [0, 0.05) is 6.04 Å². The van der Waals surface area contributed by atoms with E-state index in [9.17, 15) is 0 Å². The van der Waals surface area contributed by atoms with Gasteiger partial charge in [-0.2, -0.15) is 0 Å². The second kappa shape index (κ2) is 2.31. The Morgan fingerprint density at radius 3 is 2.62 bits per heavy atom. The lowest BCUT2D eigenvalue weighted by Crippen LogP contribution is -2.24. The van der Waals surface area contributed by atoms with E-state index >= 15 is 0 Å². The van der Waals surface area contributed by atoms with Gasteiger partial charge >= 0.3 is 0 Å². The molecule has 1 aliphatic carbocycles. The Kier molecular flexibility index (Phi) is 1.69. The van der Waals surface area contributed by atoms with E-state index in [-0.39, 0.29) is 0 Å². The lowest BCUT2D eigenvalue weighted by atomic mass is 9.92. The molecule has 0 aromatic heterocycles. The van der Waals surface area contributed by atoms with Crippen LogP contribution in [0.25, 0.3) is 0 Å². The molecule has 46 valence electrons. The number of hydrogen-bond acceptors (Lipinski definition) is 1. The zero-order valence-corrected chi connectivity index (χ0v) is 5.19. The SMILES string of the molecule is C=C1CCCCC1N. The third kappa shape index (κ3) is 1.10. The smallest absolute Gasteiger partial charge is 0.0250 e. The van der Waals surface area contributed by atoms with Gasteiger partial charge in [0.25, 0.3) is 0 Å². The maximum absolute atomic E-state index is 5.68. The molecule has 1 rings (SSSR count). The fourth-order valence-electron chi connectivity index (χ4n) is 1.11. The zero-order valence-electron chi connectivity index (χ0n) is 5.19. The van der Waals surface area contributed by atoms with Crippen molar-refractivity contribution in [1.82, 2.24) is 0 Å². The molecule has 8 heavy (non-hydrogen) atoms. The van der Waals surface area contributed by atoms with E-state index in [2.05, 4.69) is 6.58 Å². The summed E-state index contributed by atoms with van der Waals surface area (Å²) < 4.78 is 0. The van der Waals surface area contributed by atoms with E-state index in [0.29, 0.717) is 6.04 Å². The molecule has 0 radical (unpaired) electrons. The molecule has 1 fully saturated rings. The summed E-state index contributed by atoms with van der Waals surface area (Å²) in [5, 5.41) is 0. The van der Waals surface area contributed by atoms with Crippen LogP contribution in [-0.2, 0) is 0 Å². The monoisotopic (exact) mass is 111 g/mol. The van der Waals surface area contributed by atoms with Gasteiger partial charge in [0.15, 0.2) is 0 Å². The minimum Gasteiger partial charge on any atom is -0.324 e. The standard InChI is InChI=1S/C7H13N/c1-6-4-2-3-5-7(6)8/h7H,1-5,8H2. The van der Waals surface area contributed by atoms with E-state index < -0.39 is 0 Å². The second-order valence-electron chi connectivity index (χ2n) is 2.51. The van der Waals surface area contributed by atoms with Crippen LogP contribution in [0.2, 0.25) is 0 Å². The third-order valence-electron chi connectivity index (χ3n) is 1.79. The molecule has 1 saturated carbocycles. The molecule has 0 bridgehead atoms. The highest BCUT2D eigenvalue weighted by atomic mass is 14.6. The van der Waals surface area contributed by atoms with Crippen LogP contribution in [0.3, 0.4) is 0 Å². The Balaban J connectivity index is 2.39. The summed E-state index contributed by atoms with van der Waals surface area (Å²) in [6, 6.07) is 0.309. The summed E-state index contributed by atoms with van der Waals surface area (Å²) >= 11 is 0. The lowest BCUT2D eigenvalue weighted by molar-refractivity contribution is 0.538. The van der Waals surface area contributed by atoms with Gasteiger partial charge in [-0.1, -0.05) is 18.6 Å². The first-order chi connectivity index (χ1) is 3.80. The molecular formula is C7H13N. The third-order valence-corrected chi connectivity index (χ3v) is 1.79. The summed E-state index contributed by atoms with van der Waals surface area (Å²) in [6.45, 7) is 3.87. The molecule has 1 aliphatic rings. The summed E-state index contributed by atoms with van der Waals surface area (Å²) in [5.74, 6) is 0. The Morgan fingerprint density at radius 2 is 2.25 bits per heavy atom. The van der Waals surface area contributed by atoms with Gasteiger partial charge in [-0.15, -0.1) is 0 Å². The first-order valence-electron chi connectivity index (χ1n) is 3.24. The summed E-state index contributed by atoms with van der Waals surface area (Å²) in [7, 11) is 0. The van der Waals surface area contributed by atoms with Crippen molar-refractivity contribution in [2.75, 3.05) is 0 Å². The Hall–Kier alpha value is -0.300. The van der Waals surface area contributed by atoms with Gasteiger partial charge < -0.3 is 5.73 Å². The van der Waals surface area contributed by atoms with E-state index in [4.69, 9.17) is 5.73 Å². The van der Waals surface area contributed by atoms with Gasteiger partial charge in [-0.3, -0.25) is 0 Å². The molecule has 0 heterocycles. The van der Waals surface area contributed by atoms with Crippen LogP contribution in [0.15, 0.2) is 12.2 Å². The molecule has 0 aromatic rings. The van der Waals surface area contributed by atoms with Gasteiger partial charge in [-0.05, 0) is 19.3 Å². The van der Waals surface area contributed by atoms with Crippen LogP contribution in [0.5, 0.6) is 0 Å². The van der Waals surface area contributed by atoms with Crippen LogP contribution in [-0.4, -0.2) is 6.04 Å². The highest BCUT2D eigenvalue weighted by molar-refractivity contribution is 5.06. The largest absolute Gasteiger partial charge is 0.324 e. The van der Waals surface area contributed by atoms with Crippen LogP contribution in [0.4, 0.5) is 0 Å². The Labute approximate surface area is 50.6 Å². The molecule has 1 atom stereocenters. The first-order valence-corrected chi connectivity index (χ1v) is 3.24. The highest BCUT2D eigenvalue weighted by Gasteiger charge is 2.10. The van der Waals surface area contributed by atoms with Gasteiger partial charge in [0.2, 0.25) is 0 Å². The van der Waals surface area contributed by atoms with Crippen molar-refractivity contribution in [2.24, 2.45) is 5.73 Å². The van der Waals surface area contributed by atoms with Crippen molar-refractivity contribution >= 4 is 0 Å². The summed E-state index contributed by atoms with van der Waals surface area (Å²) in [4.78, 5) is 0. The van der Waals surface area contributed by atoms with E-state index in [1.165, 1.54) is 18.4 Å². The molecule has 0 aliphatic heterocycles. The van der Waals surface area contributed by atoms with Crippen molar-refractivity contribution < 1.29 is 0 Å². The maximum atomic E-state index is 5.68. The molecule has 0 spiro atoms. The number of nitrogens with two attached hydrogens (primary N) is 1. The molecule has 1 nitrogen and oxygen atoms in total. The Morgan fingerprint density at radius 1 is 1.50 bits per heavy atom. The van der Waals surface area contributed by atoms with Crippen LogP contribution < -0.4 is 5.73 Å². The maximum Gasteiger partial charge on any atom is 0.0250 e.